The number of pyridine rings is 1. The highest BCUT2D eigenvalue weighted by atomic mass is 79.9. The quantitative estimate of drug-likeness (QED) is 0.443. The van der Waals surface area contributed by atoms with Crippen molar-refractivity contribution < 1.29 is 26.4 Å². The second-order valence-electron chi connectivity index (χ2n) is 6.43. The van der Waals surface area contributed by atoms with Gasteiger partial charge in [0, 0.05) is 27.9 Å². The second-order valence-corrected chi connectivity index (χ2v) is 10.9. The number of aromatic nitrogens is 1. The van der Waals surface area contributed by atoms with Crippen molar-refractivity contribution in [2.75, 3.05) is 12.3 Å². The van der Waals surface area contributed by atoms with Crippen LogP contribution in [0.15, 0.2) is 57.0 Å². The lowest BCUT2D eigenvalue weighted by atomic mass is 10.2. The first-order valence-corrected chi connectivity index (χ1v) is 11.6. The summed E-state index contributed by atoms with van der Waals surface area (Å²) in [5.74, 6) is -0.254. The van der Waals surface area contributed by atoms with Crippen molar-refractivity contribution >= 4 is 43.4 Å². The van der Waals surface area contributed by atoms with Gasteiger partial charge in [-0.3, -0.25) is 4.79 Å². The Bertz CT molecular complexity index is 979. The molecule has 158 valence electrons. The molecule has 1 N–H and O–H groups in total. The van der Waals surface area contributed by atoms with Gasteiger partial charge in [-0.05, 0) is 54.0 Å². The van der Waals surface area contributed by atoms with Gasteiger partial charge in [-0.15, -0.1) is 11.8 Å². The summed E-state index contributed by atoms with van der Waals surface area (Å²) in [4.78, 5) is 16.9. The third-order valence-corrected chi connectivity index (χ3v) is 8.39. The van der Waals surface area contributed by atoms with Crippen LogP contribution in [0.4, 0.5) is 13.2 Å². The number of rotatable bonds is 7. The number of thioether (sulfide) groups is 1. The van der Waals surface area contributed by atoms with E-state index in [-0.39, 0.29) is 6.54 Å². The lowest BCUT2D eigenvalue weighted by Gasteiger charge is -2.23. The van der Waals surface area contributed by atoms with E-state index in [4.69, 9.17) is 0 Å². The normalized spacial score (nSPS) is 12.6. The summed E-state index contributed by atoms with van der Waals surface area (Å²) < 4.78 is 62.4. The lowest BCUT2D eigenvalue weighted by Crippen LogP contribution is -2.48. The van der Waals surface area contributed by atoms with Crippen molar-refractivity contribution in [2.24, 2.45) is 0 Å². The van der Waals surface area contributed by atoms with Crippen LogP contribution >= 0.6 is 27.7 Å². The van der Waals surface area contributed by atoms with Gasteiger partial charge in [0.05, 0.1) is 5.56 Å². The van der Waals surface area contributed by atoms with Crippen molar-refractivity contribution in [3.05, 3.63) is 52.6 Å². The fourth-order valence-corrected chi connectivity index (χ4v) is 4.90. The van der Waals surface area contributed by atoms with Crippen molar-refractivity contribution in [1.29, 1.82) is 0 Å². The predicted octanol–water partition coefficient (Wildman–Crippen LogP) is 4.32. The average molecular weight is 511 g/mol. The highest BCUT2D eigenvalue weighted by Crippen LogP contribution is 2.31. The van der Waals surface area contributed by atoms with Crippen LogP contribution in [-0.4, -0.2) is 36.4 Å². The van der Waals surface area contributed by atoms with Gasteiger partial charge in [0.25, 0.3) is 0 Å². The van der Waals surface area contributed by atoms with Crippen molar-refractivity contribution in [3.8, 4) is 0 Å². The van der Waals surface area contributed by atoms with E-state index >= 15 is 0 Å². The fraction of sp³-hybridized carbons (Fsp3) is 0.333. The van der Waals surface area contributed by atoms with Crippen LogP contribution < -0.4 is 5.32 Å². The molecule has 0 saturated heterocycles. The Balaban J connectivity index is 2.03. The summed E-state index contributed by atoms with van der Waals surface area (Å²) in [5, 5.41) is 1.97. The van der Waals surface area contributed by atoms with Gasteiger partial charge in [0.2, 0.25) is 15.7 Å². The summed E-state index contributed by atoms with van der Waals surface area (Å²) in [5.41, 5.74) is -1.07. The van der Waals surface area contributed by atoms with Crippen LogP contribution in [0.25, 0.3) is 0 Å². The van der Waals surface area contributed by atoms with E-state index in [2.05, 4.69) is 26.2 Å². The largest absolute Gasteiger partial charge is 0.417 e. The van der Waals surface area contributed by atoms with Crippen LogP contribution in [0.3, 0.4) is 0 Å². The van der Waals surface area contributed by atoms with Gasteiger partial charge < -0.3 is 5.32 Å². The first kappa shape index (κ1) is 23.7. The molecule has 0 aliphatic heterocycles. The van der Waals surface area contributed by atoms with Crippen LogP contribution in [-0.2, 0) is 20.8 Å². The number of alkyl halides is 3. The molecule has 1 aromatic carbocycles. The van der Waals surface area contributed by atoms with Gasteiger partial charge in [-0.2, -0.15) is 13.2 Å². The average Bonchev–Trinajstić information content (AvgIpc) is 2.65. The number of hydrogen-bond acceptors (Lipinski definition) is 5. The Labute approximate surface area is 179 Å². The Morgan fingerprint density at radius 2 is 1.83 bits per heavy atom. The summed E-state index contributed by atoms with van der Waals surface area (Å²) in [7, 11) is -4.30. The first-order valence-electron chi connectivity index (χ1n) is 8.31. The van der Waals surface area contributed by atoms with Crippen molar-refractivity contribution in [1.82, 2.24) is 10.3 Å². The van der Waals surface area contributed by atoms with Gasteiger partial charge in [0.15, 0.2) is 9.77 Å². The molecule has 0 bridgehead atoms. The Morgan fingerprint density at radius 3 is 2.38 bits per heavy atom. The van der Waals surface area contributed by atoms with E-state index < -0.39 is 37.3 Å². The van der Waals surface area contributed by atoms with E-state index in [9.17, 15) is 26.4 Å². The molecule has 0 spiro atoms. The number of hydrogen-bond donors (Lipinski definition) is 1. The number of amides is 1. The minimum atomic E-state index is -4.63. The maximum atomic E-state index is 12.7. The zero-order chi connectivity index (χ0) is 21.9. The van der Waals surface area contributed by atoms with E-state index in [1.165, 1.54) is 25.6 Å². The monoisotopic (exact) mass is 510 g/mol. The lowest BCUT2D eigenvalue weighted by molar-refractivity contribution is -0.137. The molecule has 29 heavy (non-hydrogen) atoms. The zero-order valence-corrected chi connectivity index (χ0v) is 18.7. The molecule has 1 aromatic heterocycles. The van der Waals surface area contributed by atoms with E-state index in [0.29, 0.717) is 18.0 Å². The molecule has 0 atom stereocenters. The summed E-state index contributed by atoms with van der Waals surface area (Å²) in [6.45, 7) is 2.60. The molecule has 11 heteroatoms. The molecule has 2 aromatic rings. The number of carbonyl (C=O) groups excluding carboxylic acids is 1. The SMILES string of the molecule is CC(C)(C(=O)NCCSc1ccccc1Br)S(=O)(=O)c1ccc(C(F)(F)F)cn1. The minimum Gasteiger partial charge on any atom is -0.354 e. The topological polar surface area (TPSA) is 76.1 Å². The van der Waals surface area contributed by atoms with Crippen LogP contribution in [0.2, 0.25) is 0 Å². The van der Waals surface area contributed by atoms with Gasteiger partial charge in [-0.1, -0.05) is 12.1 Å². The highest BCUT2D eigenvalue weighted by molar-refractivity contribution is 9.10. The summed E-state index contributed by atoms with van der Waals surface area (Å²) >= 11 is 4.89. The van der Waals surface area contributed by atoms with Gasteiger partial charge >= 0.3 is 6.18 Å². The minimum absolute atomic E-state index is 0.213. The van der Waals surface area contributed by atoms with Crippen LogP contribution in [0, 0.1) is 0 Å². The molecule has 1 amide bonds. The standard InChI is InChI=1S/C18H18BrF3N2O3S2/c1-17(2,16(25)23-9-10-28-14-6-4-3-5-13(14)19)29(26,27)15-8-7-12(11-24-15)18(20,21)22/h3-8,11H,9-10H2,1-2H3,(H,23,25). The van der Waals surface area contributed by atoms with Crippen LogP contribution in [0.5, 0.6) is 0 Å². The molecule has 0 radical (unpaired) electrons. The zero-order valence-electron chi connectivity index (χ0n) is 15.5. The molecule has 0 aliphatic carbocycles. The highest BCUT2D eigenvalue weighted by Gasteiger charge is 2.44. The molecule has 0 saturated carbocycles. The van der Waals surface area contributed by atoms with E-state index in [1.807, 2.05) is 24.3 Å². The number of nitrogens with one attached hydrogen (secondary N) is 1. The van der Waals surface area contributed by atoms with Crippen molar-refractivity contribution in [3.63, 3.8) is 0 Å². The molecule has 1 heterocycles. The first-order chi connectivity index (χ1) is 13.4. The summed E-state index contributed by atoms with van der Waals surface area (Å²) in [6.07, 6.45) is -4.19. The van der Waals surface area contributed by atoms with Crippen LogP contribution in [0.1, 0.15) is 19.4 Å². The number of carbonyl (C=O) groups is 1. The van der Waals surface area contributed by atoms with Crippen molar-refractivity contribution in [2.45, 2.75) is 34.7 Å². The summed E-state index contributed by atoms with van der Waals surface area (Å²) in [6, 6.07) is 8.92. The number of benzene rings is 1. The molecule has 0 unspecified atom stereocenters. The number of halogens is 4. The Kier molecular flexibility index (Phi) is 7.39. The van der Waals surface area contributed by atoms with Gasteiger partial charge in [0.1, 0.15) is 0 Å². The molecular formula is C18H18BrF3N2O3S2. The maximum Gasteiger partial charge on any atom is 0.417 e. The second kappa shape index (κ2) is 9.05. The molecule has 0 aliphatic rings. The van der Waals surface area contributed by atoms with E-state index in [0.717, 1.165) is 15.4 Å². The number of sulfone groups is 1. The molecular weight excluding hydrogens is 493 g/mol. The molecule has 0 fully saturated rings. The molecule has 2 rings (SSSR count). The van der Waals surface area contributed by atoms with Gasteiger partial charge in [-0.25, -0.2) is 13.4 Å². The predicted molar refractivity (Wildman–Crippen MR) is 108 cm³/mol. The maximum absolute atomic E-state index is 12.7. The Morgan fingerprint density at radius 1 is 1.17 bits per heavy atom. The Hall–Kier alpha value is -1.59. The smallest absolute Gasteiger partial charge is 0.354 e. The third-order valence-electron chi connectivity index (χ3n) is 4.04. The molecule has 5 nitrogen and oxygen atoms in total. The fourth-order valence-electron chi connectivity index (χ4n) is 2.19. The number of nitrogens with zero attached hydrogens (tertiary/aromatic N) is 1. The third kappa shape index (κ3) is 5.52. The van der Waals surface area contributed by atoms with E-state index in [1.54, 1.807) is 0 Å².